The molecule has 0 aliphatic heterocycles. The van der Waals surface area contributed by atoms with Gasteiger partial charge in [0, 0.05) is 23.0 Å². The van der Waals surface area contributed by atoms with E-state index in [1.54, 1.807) is 37.5 Å². The predicted molar refractivity (Wildman–Crippen MR) is 124 cm³/mol. The van der Waals surface area contributed by atoms with Crippen molar-refractivity contribution in [3.05, 3.63) is 81.0 Å². The van der Waals surface area contributed by atoms with Crippen molar-refractivity contribution in [2.45, 2.75) is 13.8 Å². The fourth-order valence-corrected chi connectivity index (χ4v) is 3.57. The van der Waals surface area contributed by atoms with Gasteiger partial charge in [-0.15, -0.1) is 0 Å². The Morgan fingerprint density at radius 1 is 1.34 bits per heavy atom. The van der Waals surface area contributed by atoms with Crippen molar-refractivity contribution in [1.29, 1.82) is 0 Å². The number of hydrogen-bond donors (Lipinski definition) is 4. The van der Waals surface area contributed by atoms with Gasteiger partial charge in [0.05, 0.1) is 22.8 Å². The molecule has 0 saturated heterocycles. The third kappa shape index (κ3) is 3.69. The number of fused-ring (bicyclic) bond motifs is 1. The molecule has 0 saturated carbocycles. The molecule has 0 atom stereocenters. The fourth-order valence-electron chi connectivity index (χ4n) is 3.42. The molecule has 32 heavy (non-hydrogen) atoms. The summed E-state index contributed by atoms with van der Waals surface area (Å²) in [4.78, 5) is 17.2. The lowest BCUT2D eigenvalue weighted by atomic mass is 10.0. The number of nitrogens with zero attached hydrogens (tertiary/aromatic N) is 3. The third-order valence-corrected chi connectivity index (χ3v) is 5.16. The summed E-state index contributed by atoms with van der Waals surface area (Å²) >= 11 is 5.96. The lowest BCUT2D eigenvalue weighted by molar-refractivity contribution is 0.318. The van der Waals surface area contributed by atoms with Crippen LogP contribution in [0.25, 0.3) is 28.0 Å². The number of benzene rings is 1. The highest BCUT2D eigenvalue weighted by Crippen LogP contribution is 2.31. The summed E-state index contributed by atoms with van der Waals surface area (Å²) in [6, 6.07) is 6.81. The van der Waals surface area contributed by atoms with Crippen molar-refractivity contribution in [2.75, 3.05) is 5.32 Å². The SMILES string of the molecule is C=C(Nc1ccc(Cl)nc1/C(N)=N/O)c1cc(C)cc2c(=O)c(C)c(-c3cn[nH]c3)oc12. The number of amidine groups is 1. The van der Waals surface area contributed by atoms with Gasteiger partial charge in [-0.3, -0.25) is 9.89 Å². The number of H-pyrrole nitrogens is 1. The Balaban J connectivity index is 1.88. The van der Waals surface area contributed by atoms with Crippen molar-refractivity contribution >= 4 is 39.8 Å². The van der Waals surface area contributed by atoms with E-state index in [1.165, 1.54) is 0 Å². The minimum Gasteiger partial charge on any atom is -0.455 e. The second-order valence-corrected chi connectivity index (χ2v) is 7.57. The van der Waals surface area contributed by atoms with E-state index < -0.39 is 0 Å². The van der Waals surface area contributed by atoms with Crippen LogP contribution in [-0.2, 0) is 0 Å². The lowest BCUT2D eigenvalue weighted by Crippen LogP contribution is -2.18. The summed E-state index contributed by atoms with van der Waals surface area (Å²) in [5.41, 5.74) is 9.49. The number of halogens is 1. The summed E-state index contributed by atoms with van der Waals surface area (Å²) in [6.45, 7) is 7.70. The van der Waals surface area contributed by atoms with E-state index in [0.717, 1.165) is 5.56 Å². The number of anilines is 1. The molecule has 0 bridgehead atoms. The Morgan fingerprint density at radius 3 is 2.81 bits per heavy atom. The van der Waals surface area contributed by atoms with Crippen LogP contribution in [0.4, 0.5) is 5.69 Å². The molecule has 10 heteroatoms. The molecule has 0 aliphatic rings. The van der Waals surface area contributed by atoms with Crippen LogP contribution < -0.4 is 16.5 Å². The van der Waals surface area contributed by atoms with Crippen LogP contribution in [0.3, 0.4) is 0 Å². The topological polar surface area (TPSA) is 142 Å². The number of aryl methyl sites for hydroxylation is 1. The first-order valence-corrected chi connectivity index (χ1v) is 9.86. The zero-order chi connectivity index (χ0) is 23.0. The minimum absolute atomic E-state index is 0.147. The maximum Gasteiger partial charge on any atom is 0.196 e. The van der Waals surface area contributed by atoms with Gasteiger partial charge in [0.15, 0.2) is 11.3 Å². The van der Waals surface area contributed by atoms with E-state index in [1.807, 2.05) is 13.0 Å². The molecule has 0 spiro atoms. The Morgan fingerprint density at radius 2 is 2.12 bits per heavy atom. The van der Waals surface area contributed by atoms with E-state index in [9.17, 15) is 4.79 Å². The third-order valence-electron chi connectivity index (χ3n) is 4.95. The summed E-state index contributed by atoms with van der Waals surface area (Å²) < 4.78 is 6.19. The van der Waals surface area contributed by atoms with Crippen molar-refractivity contribution in [3.63, 3.8) is 0 Å². The van der Waals surface area contributed by atoms with E-state index in [2.05, 4.69) is 32.2 Å². The first kappa shape index (κ1) is 21.1. The van der Waals surface area contributed by atoms with Gasteiger partial charge < -0.3 is 20.7 Å². The Hall–Kier alpha value is -4.11. The maximum atomic E-state index is 13.1. The van der Waals surface area contributed by atoms with Crippen LogP contribution in [0.15, 0.2) is 57.6 Å². The Kier molecular flexibility index (Phi) is 5.41. The smallest absolute Gasteiger partial charge is 0.196 e. The van der Waals surface area contributed by atoms with E-state index in [-0.39, 0.29) is 22.1 Å². The number of aromatic nitrogens is 3. The first-order chi connectivity index (χ1) is 15.3. The van der Waals surface area contributed by atoms with Crippen molar-refractivity contribution in [2.24, 2.45) is 10.9 Å². The number of pyridine rings is 1. The van der Waals surface area contributed by atoms with Gasteiger partial charge in [0.1, 0.15) is 22.2 Å². The molecule has 0 aliphatic carbocycles. The molecule has 4 aromatic rings. The van der Waals surface area contributed by atoms with E-state index in [0.29, 0.717) is 44.8 Å². The zero-order valence-corrected chi connectivity index (χ0v) is 18.0. The van der Waals surface area contributed by atoms with E-state index in [4.69, 9.17) is 27.0 Å². The van der Waals surface area contributed by atoms with Gasteiger partial charge >= 0.3 is 0 Å². The molecule has 0 unspecified atom stereocenters. The van der Waals surface area contributed by atoms with Crippen LogP contribution in [0.2, 0.25) is 5.15 Å². The second-order valence-electron chi connectivity index (χ2n) is 7.18. The van der Waals surface area contributed by atoms with Gasteiger partial charge in [0.25, 0.3) is 0 Å². The normalized spacial score (nSPS) is 11.7. The van der Waals surface area contributed by atoms with Crippen LogP contribution in [0.5, 0.6) is 0 Å². The first-order valence-electron chi connectivity index (χ1n) is 9.48. The van der Waals surface area contributed by atoms with Gasteiger partial charge in [-0.25, -0.2) is 4.98 Å². The average molecular weight is 451 g/mol. The predicted octanol–water partition coefficient (Wildman–Crippen LogP) is 4.03. The van der Waals surface area contributed by atoms with Crippen molar-refractivity contribution in [1.82, 2.24) is 15.2 Å². The molecule has 3 aromatic heterocycles. The molecular formula is C22H19ClN6O3. The Labute approximate surface area is 187 Å². The quantitative estimate of drug-likeness (QED) is 0.118. The molecule has 5 N–H and O–H groups in total. The highest BCUT2D eigenvalue weighted by atomic mass is 35.5. The van der Waals surface area contributed by atoms with Gasteiger partial charge in [-0.05, 0) is 43.7 Å². The standard InChI is InChI=1S/C22H19ClN6O3/c1-10-6-14(12(3)27-16-4-5-17(23)28-18(16)22(24)29-31)21-15(7-10)19(30)11(2)20(32-21)13-8-25-26-9-13/h4-9,27,31H,3H2,1-2H3,(H2,24,29)(H,25,26). The van der Waals surface area contributed by atoms with Crippen molar-refractivity contribution < 1.29 is 9.62 Å². The summed E-state index contributed by atoms with van der Waals surface area (Å²) in [6.07, 6.45) is 3.24. The molecule has 0 radical (unpaired) electrons. The molecule has 1 aromatic carbocycles. The Bertz CT molecular complexity index is 1440. The van der Waals surface area contributed by atoms with Crippen LogP contribution in [0, 0.1) is 13.8 Å². The molecule has 3 heterocycles. The largest absolute Gasteiger partial charge is 0.455 e. The molecule has 0 fully saturated rings. The molecular weight excluding hydrogens is 432 g/mol. The zero-order valence-electron chi connectivity index (χ0n) is 17.2. The summed E-state index contributed by atoms with van der Waals surface area (Å²) in [5, 5.41) is 22.5. The number of rotatable bonds is 5. The average Bonchev–Trinajstić information content (AvgIpc) is 3.31. The number of nitrogens with two attached hydrogens (primary N) is 1. The maximum absolute atomic E-state index is 13.1. The monoisotopic (exact) mass is 450 g/mol. The van der Waals surface area contributed by atoms with Gasteiger partial charge in [0.2, 0.25) is 0 Å². The highest BCUT2D eigenvalue weighted by molar-refractivity contribution is 6.29. The second kappa shape index (κ2) is 8.20. The fraction of sp³-hybridized carbons (Fsp3) is 0.0909. The summed E-state index contributed by atoms with van der Waals surface area (Å²) in [7, 11) is 0. The summed E-state index contributed by atoms with van der Waals surface area (Å²) in [5.74, 6) is 0.195. The van der Waals surface area contributed by atoms with Gasteiger partial charge in [-0.2, -0.15) is 5.10 Å². The highest BCUT2D eigenvalue weighted by Gasteiger charge is 2.19. The minimum atomic E-state index is -0.221. The molecule has 9 nitrogen and oxygen atoms in total. The van der Waals surface area contributed by atoms with Crippen LogP contribution in [0.1, 0.15) is 22.4 Å². The number of nitrogens with one attached hydrogen (secondary N) is 2. The van der Waals surface area contributed by atoms with E-state index >= 15 is 0 Å². The van der Waals surface area contributed by atoms with Crippen molar-refractivity contribution in [3.8, 4) is 11.3 Å². The molecule has 4 rings (SSSR count). The lowest BCUT2D eigenvalue weighted by Gasteiger charge is -2.16. The van der Waals surface area contributed by atoms with Gasteiger partial charge in [-0.1, -0.05) is 23.3 Å². The number of hydrogen-bond acceptors (Lipinski definition) is 7. The molecule has 0 amide bonds. The van der Waals surface area contributed by atoms with Crippen LogP contribution >= 0.6 is 11.6 Å². The van der Waals surface area contributed by atoms with Crippen LogP contribution in [-0.4, -0.2) is 26.2 Å². The molecule has 162 valence electrons. The number of oxime groups is 1. The number of aromatic amines is 1.